The fourth-order valence-corrected chi connectivity index (χ4v) is 3.48. The van der Waals surface area contributed by atoms with Crippen molar-refractivity contribution in [3.05, 3.63) is 54.2 Å². The first-order valence-electron chi connectivity index (χ1n) is 9.47. The summed E-state index contributed by atoms with van der Waals surface area (Å²) in [5.74, 6) is -0.0218. The third-order valence-corrected chi connectivity index (χ3v) is 5.03. The molecule has 1 fully saturated rings. The minimum atomic E-state index is -0.0892. The molecule has 3 heterocycles. The molecule has 0 bridgehead atoms. The van der Waals surface area contributed by atoms with E-state index in [1.54, 1.807) is 16.1 Å². The number of hydrogen-bond donors (Lipinski definition) is 2. The number of nitrogens with one attached hydrogen (secondary N) is 2. The number of para-hydroxylation sites is 1. The van der Waals surface area contributed by atoms with Crippen molar-refractivity contribution < 1.29 is 9.59 Å². The molecule has 1 aliphatic rings. The molecule has 1 aliphatic heterocycles. The number of fused-ring (bicyclic) bond motifs is 1. The number of carbonyl (C=O) groups excluding carboxylic acids is 2. The van der Waals surface area contributed by atoms with Crippen LogP contribution in [-0.4, -0.2) is 69.0 Å². The number of urea groups is 1. The van der Waals surface area contributed by atoms with Crippen LogP contribution in [0.2, 0.25) is 0 Å². The second kappa shape index (κ2) is 7.75. The molecule has 146 valence electrons. The molecule has 8 heteroatoms. The molecule has 0 unspecified atom stereocenters. The average Bonchev–Trinajstić information content (AvgIpc) is 3.33. The molecule has 3 aromatic rings. The number of aromatic amines is 1. The number of carbonyl (C=O) groups is 2. The highest BCUT2D eigenvalue weighted by molar-refractivity contribution is 5.98. The SMILES string of the molecule is Cn1cnc(CCNC(=O)N2CCN(C(=O)c3cc4ccccc4[nH]3)CC2)c1. The van der Waals surface area contributed by atoms with Crippen molar-refractivity contribution in [2.24, 2.45) is 7.05 Å². The molecule has 1 aromatic carbocycles. The summed E-state index contributed by atoms with van der Waals surface area (Å²) >= 11 is 0. The van der Waals surface area contributed by atoms with E-state index >= 15 is 0 Å². The first-order chi connectivity index (χ1) is 13.6. The Kier molecular flexibility index (Phi) is 5.01. The monoisotopic (exact) mass is 380 g/mol. The van der Waals surface area contributed by atoms with Crippen LogP contribution in [0.1, 0.15) is 16.2 Å². The average molecular weight is 380 g/mol. The molecule has 2 N–H and O–H groups in total. The predicted molar refractivity (Wildman–Crippen MR) is 106 cm³/mol. The summed E-state index contributed by atoms with van der Waals surface area (Å²) in [5, 5.41) is 3.96. The van der Waals surface area contributed by atoms with Gasteiger partial charge in [-0.3, -0.25) is 4.79 Å². The zero-order valence-electron chi connectivity index (χ0n) is 15.9. The van der Waals surface area contributed by atoms with E-state index in [-0.39, 0.29) is 11.9 Å². The zero-order chi connectivity index (χ0) is 19.5. The van der Waals surface area contributed by atoms with Gasteiger partial charge in [0.25, 0.3) is 5.91 Å². The van der Waals surface area contributed by atoms with Crippen molar-refractivity contribution in [1.82, 2.24) is 29.7 Å². The number of aromatic nitrogens is 3. The van der Waals surface area contributed by atoms with Gasteiger partial charge in [0.2, 0.25) is 0 Å². The van der Waals surface area contributed by atoms with Gasteiger partial charge in [0.1, 0.15) is 5.69 Å². The maximum atomic E-state index is 12.7. The highest BCUT2D eigenvalue weighted by atomic mass is 16.2. The van der Waals surface area contributed by atoms with Crippen LogP contribution in [0.5, 0.6) is 0 Å². The summed E-state index contributed by atoms with van der Waals surface area (Å²) in [7, 11) is 1.92. The van der Waals surface area contributed by atoms with Gasteiger partial charge in [-0.1, -0.05) is 18.2 Å². The van der Waals surface area contributed by atoms with E-state index in [9.17, 15) is 9.59 Å². The van der Waals surface area contributed by atoms with Crippen LogP contribution in [0.3, 0.4) is 0 Å². The van der Waals surface area contributed by atoms with Crippen molar-refractivity contribution in [3.8, 4) is 0 Å². The van der Waals surface area contributed by atoms with E-state index in [1.807, 2.05) is 48.1 Å². The Balaban J connectivity index is 1.26. The van der Waals surface area contributed by atoms with Crippen molar-refractivity contribution in [3.63, 3.8) is 0 Å². The molecular formula is C20H24N6O2. The molecule has 0 atom stereocenters. The first kappa shape index (κ1) is 18.1. The Bertz CT molecular complexity index is 950. The smallest absolute Gasteiger partial charge is 0.317 e. The van der Waals surface area contributed by atoms with E-state index in [0.717, 1.165) is 16.6 Å². The molecule has 0 spiro atoms. The number of nitrogens with zero attached hydrogens (tertiary/aromatic N) is 4. The largest absolute Gasteiger partial charge is 0.351 e. The number of hydrogen-bond acceptors (Lipinski definition) is 3. The van der Waals surface area contributed by atoms with Crippen LogP contribution in [0.25, 0.3) is 10.9 Å². The van der Waals surface area contributed by atoms with E-state index < -0.39 is 0 Å². The lowest BCUT2D eigenvalue weighted by atomic mass is 10.2. The van der Waals surface area contributed by atoms with E-state index in [4.69, 9.17) is 0 Å². The summed E-state index contributed by atoms with van der Waals surface area (Å²) in [6.07, 6.45) is 4.40. The number of imidazole rings is 1. The van der Waals surface area contributed by atoms with Gasteiger partial charge in [-0.25, -0.2) is 9.78 Å². The van der Waals surface area contributed by atoms with Gasteiger partial charge < -0.3 is 24.7 Å². The van der Waals surface area contributed by atoms with Gasteiger partial charge in [0.15, 0.2) is 0 Å². The molecule has 4 rings (SSSR count). The third kappa shape index (κ3) is 3.85. The molecule has 8 nitrogen and oxygen atoms in total. The summed E-state index contributed by atoms with van der Waals surface area (Å²) in [5.41, 5.74) is 2.50. The van der Waals surface area contributed by atoms with E-state index in [1.165, 1.54) is 0 Å². The Morgan fingerprint density at radius 3 is 2.61 bits per heavy atom. The quantitative estimate of drug-likeness (QED) is 0.721. The molecule has 3 amide bonds. The maximum Gasteiger partial charge on any atom is 0.317 e. The molecule has 28 heavy (non-hydrogen) atoms. The van der Waals surface area contributed by atoms with Gasteiger partial charge in [0.05, 0.1) is 12.0 Å². The zero-order valence-corrected chi connectivity index (χ0v) is 15.9. The van der Waals surface area contributed by atoms with Crippen molar-refractivity contribution in [1.29, 1.82) is 0 Å². The molecule has 2 aromatic heterocycles. The minimum absolute atomic E-state index is 0.0218. The fourth-order valence-electron chi connectivity index (χ4n) is 3.48. The van der Waals surface area contributed by atoms with Crippen molar-refractivity contribution in [2.75, 3.05) is 32.7 Å². The summed E-state index contributed by atoms with van der Waals surface area (Å²) < 4.78 is 1.89. The second-order valence-corrected chi connectivity index (χ2v) is 7.06. The topological polar surface area (TPSA) is 86.3 Å². The number of benzene rings is 1. The van der Waals surface area contributed by atoms with E-state index in [0.29, 0.717) is 44.8 Å². The summed E-state index contributed by atoms with van der Waals surface area (Å²) in [4.78, 5) is 36.1. The van der Waals surface area contributed by atoms with Gasteiger partial charge in [-0.15, -0.1) is 0 Å². The molecular weight excluding hydrogens is 356 g/mol. The van der Waals surface area contributed by atoms with Gasteiger partial charge in [-0.05, 0) is 12.1 Å². The first-order valence-corrected chi connectivity index (χ1v) is 9.47. The minimum Gasteiger partial charge on any atom is -0.351 e. The van der Waals surface area contributed by atoms with Crippen molar-refractivity contribution >= 4 is 22.8 Å². The van der Waals surface area contributed by atoms with Crippen LogP contribution >= 0.6 is 0 Å². The number of rotatable bonds is 4. The van der Waals surface area contributed by atoms with Crippen LogP contribution in [0.4, 0.5) is 4.79 Å². The summed E-state index contributed by atoms with van der Waals surface area (Å²) in [6, 6.07) is 9.63. The van der Waals surface area contributed by atoms with Gasteiger partial charge >= 0.3 is 6.03 Å². The Morgan fingerprint density at radius 2 is 1.89 bits per heavy atom. The number of aryl methyl sites for hydroxylation is 1. The Labute approximate surface area is 163 Å². The molecule has 0 radical (unpaired) electrons. The number of piperazine rings is 1. The van der Waals surface area contributed by atoms with Crippen LogP contribution < -0.4 is 5.32 Å². The number of H-pyrrole nitrogens is 1. The fraction of sp³-hybridized carbons (Fsp3) is 0.350. The van der Waals surface area contributed by atoms with Gasteiger partial charge in [0, 0.05) is 63.3 Å². The highest BCUT2D eigenvalue weighted by Gasteiger charge is 2.25. The lowest BCUT2D eigenvalue weighted by Gasteiger charge is -2.34. The third-order valence-electron chi connectivity index (χ3n) is 5.03. The molecule has 1 saturated heterocycles. The lowest BCUT2D eigenvalue weighted by molar-refractivity contribution is 0.0660. The second-order valence-electron chi connectivity index (χ2n) is 7.06. The van der Waals surface area contributed by atoms with Crippen LogP contribution in [-0.2, 0) is 13.5 Å². The van der Waals surface area contributed by atoms with Crippen LogP contribution in [0, 0.1) is 0 Å². The van der Waals surface area contributed by atoms with Gasteiger partial charge in [-0.2, -0.15) is 0 Å². The Morgan fingerprint density at radius 1 is 1.14 bits per heavy atom. The van der Waals surface area contributed by atoms with Crippen molar-refractivity contribution in [2.45, 2.75) is 6.42 Å². The molecule has 0 aliphatic carbocycles. The Hall–Kier alpha value is -3.29. The van der Waals surface area contributed by atoms with Crippen LogP contribution in [0.15, 0.2) is 42.9 Å². The maximum absolute atomic E-state index is 12.7. The van der Waals surface area contributed by atoms with E-state index in [2.05, 4.69) is 15.3 Å². The molecule has 0 saturated carbocycles. The standard InChI is InChI=1S/C20H24N6O2/c1-24-13-16(22-14-24)6-7-21-20(28)26-10-8-25(9-11-26)19(27)18-12-15-4-2-3-5-17(15)23-18/h2-5,12-14,23H,6-11H2,1H3,(H,21,28). The normalized spacial score (nSPS) is 14.5. The lowest BCUT2D eigenvalue weighted by Crippen LogP contribution is -2.53. The summed E-state index contributed by atoms with van der Waals surface area (Å²) in [6.45, 7) is 2.66. The predicted octanol–water partition coefficient (Wildman–Crippen LogP) is 1.61. The highest BCUT2D eigenvalue weighted by Crippen LogP contribution is 2.17. The number of amides is 3.